The Bertz CT molecular complexity index is 2240. The molecule has 54 heavy (non-hydrogen) atoms. The molecule has 0 saturated heterocycles. The fourth-order valence-corrected chi connectivity index (χ4v) is 5.84. The highest BCUT2D eigenvalue weighted by Crippen LogP contribution is 2.44. The molecule has 0 aliphatic carbocycles. The van der Waals surface area contributed by atoms with Gasteiger partial charge in [0.2, 0.25) is 11.5 Å². The maximum Gasteiger partial charge on any atom is 0.204 e. The predicted octanol–water partition coefficient (Wildman–Crippen LogP) is 7.01. The van der Waals surface area contributed by atoms with Crippen LogP contribution < -0.4 is 58.2 Å². The van der Waals surface area contributed by atoms with Crippen molar-refractivity contribution in [2.45, 2.75) is 0 Å². The lowest BCUT2D eigenvalue weighted by molar-refractivity contribution is 0.326. The number of ether oxygens (including phenoxy) is 10. The van der Waals surface area contributed by atoms with Crippen molar-refractivity contribution >= 4 is 21.9 Å². The van der Waals surface area contributed by atoms with Gasteiger partial charge >= 0.3 is 0 Å². The van der Waals surface area contributed by atoms with Gasteiger partial charge in [0.1, 0.15) is 33.5 Å². The van der Waals surface area contributed by atoms with Crippen molar-refractivity contribution in [3.63, 3.8) is 0 Å². The third-order valence-corrected chi connectivity index (χ3v) is 8.38. The van der Waals surface area contributed by atoms with E-state index in [9.17, 15) is 9.59 Å². The zero-order chi connectivity index (χ0) is 39.1. The second-order valence-corrected chi connectivity index (χ2v) is 11.1. The molecule has 2 aromatic heterocycles. The molecule has 6 aromatic rings. The Morgan fingerprint density at radius 3 is 0.981 bits per heavy atom. The van der Waals surface area contributed by atoms with Crippen LogP contribution >= 0.6 is 0 Å². The largest absolute Gasteiger partial charge is 0.493 e. The van der Waals surface area contributed by atoms with E-state index in [2.05, 4.69) is 0 Å². The summed E-state index contributed by atoms with van der Waals surface area (Å²) >= 11 is 0. The minimum Gasteiger partial charge on any atom is -0.493 e. The number of fused-ring (bicyclic) bond motifs is 2. The summed E-state index contributed by atoms with van der Waals surface area (Å²) in [5, 5.41) is 0.554. The average Bonchev–Trinajstić information content (AvgIpc) is 3.21. The molecule has 14 heteroatoms. The highest BCUT2D eigenvalue weighted by molar-refractivity contribution is 5.91. The summed E-state index contributed by atoms with van der Waals surface area (Å²) < 4.78 is 65.2. The van der Waals surface area contributed by atoms with Crippen LogP contribution in [0.2, 0.25) is 0 Å². The summed E-state index contributed by atoms with van der Waals surface area (Å²) in [6.45, 7) is 0. The van der Waals surface area contributed by atoms with Crippen molar-refractivity contribution in [2.24, 2.45) is 0 Å². The predicted molar refractivity (Wildman–Crippen MR) is 201 cm³/mol. The fraction of sp³-hybridized carbons (Fsp3) is 0.250. The molecular formula is C40H40O14. The van der Waals surface area contributed by atoms with Crippen LogP contribution in [0.4, 0.5) is 0 Å². The summed E-state index contributed by atoms with van der Waals surface area (Å²) in [6.07, 6.45) is 0. The molecule has 0 aliphatic heterocycles. The Hall–Kier alpha value is -6.70. The molecule has 0 atom stereocenters. The highest BCUT2D eigenvalue weighted by atomic mass is 16.5. The minimum atomic E-state index is -0.265. The van der Waals surface area contributed by atoms with Crippen molar-refractivity contribution in [2.75, 3.05) is 71.1 Å². The topological polar surface area (TPSA) is 153 Å². The van der Waals surface area contributed by atoms with E-state index in [1.54, 1.807) is 77.0 Å². The van der Waals surface area contributed by atoms with Gasteiger partial charge in [0.25, 0.3) is 0 Å². The number of rotatable bonds is 12. The molecule has 284 valence electrons. The molecule has 14 nitrogen and oxygen atoms in total. The van der Waals surface area contributed by atoms with Gasteiger partial charge in [-0.15, -0.1) is 0 Å². The van der Waals surface area contributed by atoms with Crippen molar-refractivity contribution in [1.29, 1.82) is 0 Å². The summed E-state index contributed by atoms with van der Waals surface area (Å²) in [5.74, 6) is 4.96. The Labute approximate surface area is 310 Å². The first-order valence-electron chi connectivity index (χ1n) is 16.1. The van der Waals surface area contributed by atoms with Crippen LogP contribution in [0.3, 0.4) is 0 Å². The Morgan fingerprint density at radius 1 is 0.352 bits per heavy atom. The second kappa shape index (κ2) is 16.8. The number of methoxy groups -OCH3 is 10. The quantitative estimate of drug-likeness (QED) is 0.126. The van der Waals surface area contributed by atoms with E-state index in [-0.39, 0.29) is 33.1 Å². The van der Waals surface area contributed by atoms with Crippen LogP contribution in [0, 0.1) is 0 Å². The molecule has 6 rings (SSSR count). The molecule has 0 spiro atoms. The third kappa shape index (κ3) is 7.18. The van der Waals surface area contributed by atoms with Gasteiger partial charge in [-0.1, -0.05) is 0 Å². The number of hydrogen-bond acceptors (Lipinski definition) is 14. The van der Waals surface area contributed by atoms with Crippen molar-refractivity contribution in [1.82, 2.24) is 0 Å². The lowest BCUT2D eigenvalue weighted by Crippen LogP contribution is -2.05. The SMILES string of the molecule is COc1ccc(-c2cc(=O)c3c(OC)c(OC)c(OC)cc3o2)cc1OC.COc1ccc(-c2cc(=O)c3c(OC)c(OC)c(OC)cc3o2)cc1OC. The van der Waals surface area contributed by atoms with Gasteiger partial charge in [-0.2, -0.15) is 0 Å². The summed E-state index contributed by atoms with van der Waals surface area (Å²) in [5.41, 5.74) is 1.45. The summed E-state index contributed by atoms with van der Waals surface area (Å²) in [4.78, 5) is 25.6. The number of benzene rings is 4. The maximum atomic E-state index is 12.8. The minimum absolute atomic E-state index is 0.263. The first kappa shape index (κ1) is 38.5. The molecule has 0 radical (unpaired) electrons. The molecular weight excluding hydrogens is 704 g/mol. The normalized spacial score (nSPS) is 10.6. The van der Waals surface area contributed by atoms with E-state index in [1.165, 1.54) is 54.8 Å². The van der Waals surface area contributed by atoms with Crippen molar-refractivity contribution < 1.29 is 56.2 Å². The Balaban J connectivity index is 0.000000208. The standard InChI is InChI=1S/2C20H20O7/c2*1-22-13-7-6-11(8-15(13)23-2)14-9-12(21)18-16(27-14)10-17(24-3)19(25-4)20(18)26-5/h2*6-10H,1-5H3. The fourth-order valence-electron chi connectivity index (χ4n) is 5.84. The Morgan fingerprint density at radius 2 is 0.685 bits per heavy atom. The van der Waals surface area contributed by atoms with Gasteiger partial charge in [0.15, 0.2) is 56.9 Å². The zero-order valence-corrected chi connectivity index (χ0v) is 31.5. The summed E-state index contributed by atoms with van der Waals surface area (Å²) in [7, 11) is 15.1. The summed E-state index contributed by atoms with van der Waals surface area (Å²) in [6, 6.07) is 16.5. The van der Waals surface area contributed by atoms with Crippen molar-refractivity contribution in [3.05, 3.63) is 81.1 Å². The first-order valence-corrected chi connectivity index (χ1v) is 16.1. The molecule has 0 unspecified atom stereocenters. The molecule has 0 saturated carbocycles. The van der Waals surface area contributed by atoms with Gasteiger partial charge < -0.3 is 56.2 Å². The van der Waals surface area contributed by atoms with Gasteiger partial charge in [0, 0.05) is 35.4 Å². The monoisotopic (exact) mass is 744 g/mol. The first-order chi connectivity index (χ1) is 26.1. The van der Waals surface area contributed by atoms with E-state index >= 15 is 0 Å². The van der Waals surface area contributed by atoms with Crippen LogP contribution in [-0.4, -0.2) is 71.1 Å². The average molecular weight is 745 g/mol. The van der Waals surface area contributed by atoms with Crippen LogP contribution in [0.5, 0.6) is 57.5 Å². The van der Waals surface area contributed by atoms with Gasteiger partial charge in [-0.25, -0.2) is 0 Å². The smallest absolute Gasteiger partial charge is 0.204 e. The van der Waals surface area contributed by atoms with Crippen molar-refractivity contribution in [3.8, 4) is 80.1 Å². The molecule has 0 N–H and O–H groups in total. The van der Waals surface area contributed by atoms with Crippen LogP contribution in [0.15, 0.2) is 79.1 Å². The lowest BCUT2D eigenvalue weighted by atomic mass is 10.1. The van der Waals surface area contributed by atoms with Crippen LogP contribution in [0.1, 0.15) is 0 Å². The van der Waals surface area contributed by atoms with E-state index < -0.39 is 0 Å². The molecule has 0 aliphatic rings. The molecule has 4 aromatic carbocycles. The highest BCUT2D eigenvalue weighted by Gasteiger charge is 2.23. The van der Waals surface area contributed by atoms with E-state index in [1.807, 2.05) is 0 Å². The second-order valence-electron chi connectivity index (χ2n) is 11.1. The molecule has 0 bridgehead atoms. The third-order valence-electron chi connectivity index (χ3n) is 8.38. The van der Waals surface area contributed by atoms with E-state index in [4.69, 9.17) is 56.2 Å². The van der Waals surface area contributed by atoms with Crippen LogP contribution in [-0.2, 0) is 0 Å². The van der Waals surface area contributed by atoms with Gasteiger partial charge in [0.05, 0.1) is 71.1 Å². The molecule has 2 heterocycles. The zero-order valence-electron chi connectivity index (χ0n) is 31.5. The Kier molecular flexibility index (Phi) is 12.0. The number of hydrogen-bond donors (Lipinski definition) is 0. The molecule has 0 amide bonds. The lowest BCUT2D eigenvalue weighted by Gasteiger charge is -2.14. The van der Waals surface area contributed by atoms with Gasteiger partial charge in [-0.3, -0.25) is 9.59 Å². The molecule has 0 fully saturated rings. The van der Waals surface area contributed by atoms with E-state index in [0.29, 0.717) is 79.8 Å². The van der Waals surface area contributed by atoms with Crippen LogP contribution in [0.25, 0.3) is 44.6 Å². The maximum absolute atomic E-state index is 12.8. The van der Waals surface area contributed by atoms with Gasteiger partial charge in [-0.05, 0) is 36.4 Å². The van der Waals surface area contributed by atoms with E-state index in [0.717, 1.165) is 0 Å².